The van der Waals surface area contributed by atoms with Gasteiger partial charge in [-0.15, -0.1) is 0 Å². The fraction of sp³-hybridized carbons (Fsp3) is 0.731. The van der Waals surface area contributed by atoms with Crippen LogP contribution in [0.2, 0.25) is 0 Å². The van der Waals surface area contributed by atoms with E-state index in [-0.39, 0.29) is 25.0 Å². The Balaban J connectivity index is 1.77. The van der Waals surface area contributed by atoms with Crippen LogP contribution < -0.4 is 0 Å². The highest BCUT2D eigenvalue weighted by Gasteiger charge is 2.74. The molecule has 4 aliphatic heterocycles. The molecule has 0 saturated carbocycles. The van der Waals surface area contributed by atoms with E-state index in [4.69, 9.17) is 14.6 Å². The van der Waals surface area contributed by atoms with Crippen LogP contribution in [0.25, 0.3) is 0 Å². The minimum absolute atomic E-state index is 0.143. The smallest absolute Gasteiger partial charge is 0.313 e. The van der Waals surface area contributed by atoms with Crippen molar-refractivity contribution in [2.45, 2.75) is 82.6 Å². The number of esters is 1. The van der Waals surface area contributed by atoms with E-state index >= 15 is 0 Å². The van der Waals surface area contributed by atoms with Gasteiger partial charge in [0.1, 0.15) is 17.6 Å². The van der Waals surface area contributed by atoms with E-state index in [9.17, 15) is 14.4 Å². The number of carbonyl (C=O) groups is 3. The molecule has 1 N–H and O–H groups in total. The minimum Gasteiger partial charge on any atom is -0.465 e. The molecule has 4 aliphatic rings. The number of ether oxygens (including phenoxy) is 2. The van der Waals surface area contributed by atoms with E-state index in [1.807, 2.05) is 52.0 Å². The van der Waals surface area contributed by atoms with Gasteiger partial charge in [-0.1, -0.05) is 37.1 Å². The summed E-state index contributed by atoms with van der Waals surface area (Å²) in [7, 11) is 0. The van der Waals surface area contributed by atoms with Crippen molar-refractivity contribution in [1.82, 2.24) is 9.80 Å². The molecule has 1 spiro atoms. The predicted octanol–water partition coefficient (Wildman–Crippen LogP) is 2.21. The molecule has 34 heavy (non-hydrogen) atoms. The van der Waals surface area contributed by atoms with Gasteiger partial charge in [-0.05, 0) is 47.0 Å². The molecule has 0 aromatic carbocycles. The summed E-state index contributed by atoms with van der Waals surface area (Å²) in [5.74, 6) is -2.46. The lowest BCUT2D eigenvalue weighted by molar-refractivity contribution is -0.161. The number of hydrogen-bond donors (Lipinski definition) is 1. The van der Waals surface area contributed by atoms with Gasteiger partial charge in [0.25, 0.3) is 0 Å². The Labute approximate surface area is 201 Å². The first-order valence-electron chi connectivity index (χ1n) is 12.5. The van der Waals surface area contributed by atoms with Crippen molar-refractivity contribution in [1.29, 1.82) is 0 Å². The fourth-order valence-corrected chi connectivity index (χ4v) is 6.08. The molecule has 0 aromatic heterocycles. The van der Waals surface area contributed by atoms with E-state index in [2.05, 4.69) is 0 Å². The van der Waals surface area contributed by atoms with Crippen LogP contribution in [0.4, 0.5) is 0 Å². The van der Waals surface area contributed by atoms with Gasteiger partial charge in [-0.3, -0.25) is 14.4 Å². The number of rotatable bonds is 6. The zero-order valence-electron chi connectivity index (χ0n) is 20.8. The molecule has 8 nitrogen and oxygen atoms in total. The monoisotopic (exact) mass is 474 g/mol. The third kappa shape index (κ3) is 3.98. The minimum atomic E-state index is -1.23. The molecule has 0 radical (unpaired) electrons. The van der Waals surface area contributed by atoms with E-state index in [1.165, 1.54) is 0 Å². The Morgan fingerprint density at radius 3 is 2.47 bits per heavy atom. The number of aliphatic hydroxyl groups excluding tert-OH is 1. The summed E-state index contributed by atoms with van der Waals surface area (Å²) in [6.45, 7) is 8.99. The van der Waals surface area contributed by atoms with Crippen molar-refractivity contribution in [3.05, 3.63) is 24.3 Å². The maximum Gasteiger partial charge on any atom is 0.313 e. The van der Waals surface area contributed by atoms with Crippen molar-refractivity contribution in [3.8, 4) is 0 Å². The third-order valence-electron chi connectivity index (χ3n) is 7.64. The van der Waals surface area contributed by atoms with Crippen LogP contribution in [0.15, 0.2) is 24.3 Å². The Hall–Kier alpha value is -2.19. The van der Waals surface area contributed by atoms with E-state index < -0.39 is 40.6 Å². The molecule has 4 heterocycles. The number of carbonyl (C=O) groups excluding carboxylic acids is 3. The number of likely N-dealkylation sites (tertiary alicyclic amines) is 1. The Kier molecular flexibility index (Phi) is 6.68. The zero-order valence-corrected chi connectivity index (χ0v) is 20.8. The fourth-order valence-electron chi connectivity index (χ4n) is 6.08. The number of unbranched alkanes of at least 4 members (excludes halogenated alkanes) is 3. The highest BCUT2D eigenvalue weighted by molar-refractivity contribution is 5.99. The van der Waals surface area contributed by atoms with E-state index in [0.717, 1.165) is 12.8 Å². The molecule has 0 bridgehead atoms. The molecular formula is C26H38N2O6. The standard InChI is InChI=1S/C26H38N2O6/c1-24(2,3)28-15-11-13-26-18(19-23(32)33-17-10-7-12-25(19,4)34-26)21(30)27(20(26)22(28)31)14-8-5-6-9-16-29/h7,11-13,18-20,29H,5-6,8-10,14-17H2,1-4H3/t18-,19+,20?,25-,26-/m0/s1. The second-order valence-corrected chi connectivity index (χ2v) is 11.0. The molecule has 2 amide bonds. The molecule has 2 fully saturated rings. The van der Waals surface area contributed by atoms with Crippen LogP contribution in [0.3, 0.4) is 0 Å². The lowest BCUT2D eigenvalue weighted by atomic mass is 9.74. The predicted molar refractivity (Wildman–Crippen MR) is 126 cm³/mol. The lowest BCUT2D eigenvalue weighted by Gasteiger charge is -2.41. The molecule has 2 saturated heterocycles. The summed E-state index contributed by atoms with van der Waals surface area (Å²) < 4.78 is 12.2. The highest BCUT2D eigenvalue weighted by atomic mass is 16.6. The van der Waals surface area contributed by atoms with Gasteiger partial charge < -0.3 is 24.4 Å². The SMILES string of the molecule is CC(C)(C)N1CC=C[C@]23O[C@@]4(C)C=CCCOC(=O)[C@H]4[C@H]2C(=O)N(CCCCCCO)C3C1=O. The van der Waals surface area contributed by atoms with Gasteiger partial charge in [0.05, 0.1) is 18.1 Å². The van der Waals surface area contributed by atoms with Crippen molar-refractivity contribution in [3.63, 3.8) is 0 Å². The first kappa shape index (κ1) is 24.9. The first-order valence-corrected chi connectivity index (χ1v) is 12.5. The van der Waals surface area contributed by atoms with Gasteiger partial charge in [-0.2, -0.15) is 0 Å². The molecular weight excluding hydrogens is 436 g/mol. The van der Waals surface area contributed by atoms with Crippen molar-refractivity contribution in [2.24, 2.45) is 11.8 Å². The maximum absolute atomic E-state index is 14.1. The highest BCUT2D eigenvalue weighted by Crippen LogP contribution is 2.57. The van der Waals surface area contributed by atoms with Crippen LogP contribution in [0.1, 0.15) is 59.8 Å². The van der Waals surface area contributed by atoms with Gasteiger partial charge in [-0.25, -0.2) is 0 Å². The number of nitrogens with zero attached hydrogens (tertiary/aromatic N) is 2. The zero-order chi connectivity index (χ0) is 24.7. The number of amides is 2. The third-order valence-corrected chi connectivity index (χ3v) is 7.64. The molecule has 0 aromatic rings. The van der Waals surface area contributed by atoms with Crippen molar-refractivity contribution >= 4 is 17.8 Å². The molecule has 4 rings (SSSR count). The van der Waals surface area contributed by atoms with E-state index in [1.54, 1.807) is 9.80 Å². The van der Waals surface area contributed by atoms with Crippen LogP contribution in [-0.2, 0) is 23.9 Å². The average Bonchev–Trinajstić information content (AvgIpc) is 3.06. The largest absolute Gasteiger partial charge is 0.465 e. The second kappa shape index (κ2) is 9.11. The number of aliphatic hydroxyl groups is 1. The summed E-state index contributed by atoms with van der Waals surface area (Å²) in [5, 5.41) is 9.07. The Morgan fingerprint density at radius 2 is 1.76 bits per heavy atom. The van der Waals surface area contributed by atoms with Gasteiger partial charge in [0, 0.05) is 25.2 Å². The summed E-state index contributed by atoms with van der Waals surface area (Å²) >= 11 is 0. The summed E-state index contributed by atoms with van der Waals surface area (Å²) in [4.78, 5) is 44.7. The molecule has 8 heteroatoms. The van der Waals surface area contributed by atoms with Crippen LogP contribution in [0, 0.1) is 11.8 Å². The summed E-state index contributed by atoms with van der Waals surface area (Å²) in [6, 6.07) is -0.841. The van der Waals surface area contributed by atoms with Gasteiger partial charge >= 0.3 is 5.97 Å². The van der Waals surface area contributed by atoms with Crippen LogP contribution in [-0.4, -0.2) is 81.8 Å². The first-order chi connectivity index (χ1) is 16.1. The molecule has 188 valence electrons. The van der Waals surface area contributed by atoms with Gasteiger partial charge in [0.15, 0.2) is 0 Å². The van der Waals surface area contributed by atoms with Crippen molar-refractivity contribution < 1.29 is 29.0 Å². The van der Waals surface area contributed by atoms with E-state index in [0.29, 0.717) is 32.4 Å². The molecule has 1 unspecified atom stereocenters. The quantitative estimate of drug-likeness (QED) is 0.360. The van der Waals surface area contributed by atoms with Crippen molar-refractivity contribution in [2.75, 3.05) is 26.3 Å². The topological polar surface area (TPSA) is 96.4 Å². The number of fused-ring (bicyclic) bond motifs is 2. The normalized spacial score (nSPS) is 35.4. The van der Waals surface area contributed by atoms with Crippen LogP contribution in [0.5, 0.6) is 0 Å². The Morgan fingerprint density at radius 1 is 1.03 bits per heavy atom. The molecule has 0 aliphatic carbocycles. The summed E-state index contributed by atoms with van der Waals surface area (Å²) in [6.07, 6.45) is 11.3. The molecule has 5 atom stereocenters. The number of cyclic esters (lactones) is 1. The Bertz CT molecular complexity index is 892. The second-order valence-electron chi connectivity index (χ2n) is 11.0. The van der Waals surface area contributed by atoms with Gasteiger partial charge in [0.2, 0.25) is 11.8 Å². The van der Waals surface area contributed by atoms with Crippen LogP contribution >= 0.6 is 0 Å². The lowest BCUT2D eigenvalue weighted by Crippen LogP contribution is -2.59. The average molecular weight is 475 g/mol. The maximum atomic E-state index is 14.1. The summed E-state index contributed by atoms with van der Waals surface area (Å²) in [5.41, 5.74) is -2.71. The number of hydrogen-bond acceptors (Lipinski definition) is 6.